The van der Waals surface area contributed by atoms with E-state index in [9.17, 15) is 15.0 Å². The summed E-state index contributed by atoms with van der Waals surface area (Å²) in [4.78, 5) is 12.3. The lowest BCUT2D eigenvalue weighted by molar-refractivity contribution is -0.123. The number of carbonyl (C=O) groups is 1. The maximum Gasteiger partial charge on any atom is 0.220 e. The van der Waals surface area contributed by atoms with Crippen molar-refractivity contribution in [2.24, 2.45) is 0 Å². The van der Waals surface area contributed by atoms with Gasteiger partial charge in [0.25, 0.3) is 0 Å². The number of nitrogens with one attached hydrogen (secondary N) is 1. The van der Waals surface area contributed by atoms with E-state index in [1.165, 1.54) is 64.2 Å². The molecule has 0 saturated heterocycles. The number of aliphatic hydroxyl groups excluding tert-OH is 2. The highest BCUT2D eigenvalue weighted by Gasteiger charge is 2.17. The Morgan fingerprint density at radius 2 is 0.776 bits per heavy atom. The van der Waals surface area contributed by atoms with Crippen molar-refractivity contribution >= 4 is 5.91 Å². The summed E-state index contributed by atoms with van der Waals surface area (Å²) in [6, 6.07) is -0.649. The van der Waals surface area contributed by atoms with Crippen molar-refractivity contribution in [1.82, 2.24) is 5.32 Å². The van der Waals surface area contributed by atoms with Gasteiger partial charge in [-0.25, -0.2) is 0 Å². The van der Waals surface area contributed by atoms with Crippen LogP contribution in [0.2, 0.25) is 0 Å². The van der Waals surface area contributed by atoms with Gasteiger partial charge in [-0.3, -0.25) is 4.79 Å². The van der Waals surface area contributed by atoms with E-state index in [0.29, 0.717) is 6.42 Å². The van der Waals surface area contributed by atoms with Gasteiger partial charge in [-0.05, 0) is 103 Å². The second-order valence-electron chi connectivity index (χ2n) is 15.1. The van der Waals surface area contributed by atoms with Gasteiger partial charge >= 0.3 is 0 Å². The summed E-state index contributed by atoms with van der Waals surface area (Å²) in [6.45, 7) is 4.11. The number of hydrogen-bond donors (Lipinski definition) is 3. The highest BCUT2D eigenvalue weighted by molar-refractivity contribution is 5.76. The minimum atomic E-state index is -0.870. The first-order chi connectivity index (χ1) is 28.7. The molecule has 0 aromatic carbocycles. The number of hydrogen-bond acceptors (Lipinski definition) is 3. The highest BCUT2D eigenvalue weighted by Crippen LogP contribution is 2.12. The smallest absolute Gasteiger partial charge is 0.220 e. The molecule has 0 saturated carbocycles. The van der Waals surface area contributed by atoms with Gasteiger partial charge in [0.2, 0.25) is 5.91 Å². The molecule has 0 aliphatic carbocycles. The fourth-order valence-electron chi connectivity index (χ4n) is 6.07. The number of aliphatic hydroxyl groups is 2. The molecular formula is C54H87NO3. The molecule has 4 nitrogen and oxygen atoms in total. The molecule has 0 rings (SSSR count). The third-order valence-electron chi connectivity index (χ3n) is 9.62. The molecule has 4 heteroatoms. The van der Waals surface area contributed by atoms with Crippen LogP contribution in [0, 0.1) is 0 Å². The minimum Gasteiger partial charge on any atom is -0.394 e. The van der Waals surface area contributed by atoms with Crippen LogP contribution in [0.3, 0.4) is 0 Å². The van der Waals surface area contributed by atoms with Crippen LogP contribution in [0.4, 0.5) is 0 Å². The molecule has 58 heavy (non-hydrogen) atoms. The van der Waals surface area contributed by atoms with E-state index < -0.39 is 12.1 Å². The Balaban J connectivity index is 3.64. The zero-order valence-corrected chi connectivity index (χ0v) is 37.3. The summed E-state index contributed by atoms with van der Waals surface area (Å²) in [5, 5.41) is 22.8. The van der Waals surface area contributed by atoms with E-state index in [4.69, 9.17) is 0 Å². The fraction of sp³-hybridized carbons (Fsp3) is 0.574. The minimum absolute atomic E-state index is 0.0906. The van der Waals surface area contributed by atoms with Gasteiger partial charge < -0.3 is 15.5 Å². The van der Waals surface area contributed by atoms with Gasteiger partial charge in [0, 0.05) is 6.42 Å². The standard InChI is InChI=1S/C54H87NO3/c1-3-5-7-9-11-13-14-15-16-17-18-19-20-21-22-23-24-25-26-27-28-29-30-31-32-33-34-35-36-37-38-39-40-42-44-46-48-50-54(58)55-52(51-56)53(57)49-47-45-43-41-12-10-8-6-4-2/h5,7,11-13,15-16,18-19,21-22,24-25,27-28,30-31,33-34,41,47,49,52-53,56-57H,3-4,6,8-10,14,17,20,23,26,29,32,35-40,42-46,48,50-51H2,1-2H3,(H,55,58)/b7-5-,13-11-,16-15-,19-18-,22-21-,25-24-,28-27-,31-30-,34-33-,41-12+,49-47+. The number of carbonyl (C=O) groups excluding carboxylic acids is 1. The third-order valence-corrected chi connectivity index (χ3v) is 9.62. The topological polar surface area (TPSA) is 69.6 Å². The van der Waals surface area contributed by atoms with Crippen molar-refractivity contribution in [3.8, 4) is 0 Å². The lowest BCUT2D eigenvalue weighted by Gasteiger charge is -2.19. The van der Waals surface area contributed by atoms with Gasteiger partial charge in [0.1, 0.15) is 0 Å². The number of allylic oxidation sites excluding steroid dienone is 21. The average molecular weight is 798 g/mol. The predicted molar refractivity (Wildman–Crippen MR) is 257 cm³/mol. The van der Waals surface area contributed by atoms with Crippen molar-refractivity contribution < 1.29 is 15.0 Å². The third kappa shape index (κ3) is 43.6. The summed E-state index contributed by atoms with van der Waals surface area (Å²) < 4.78 is 0. The number of rotatable bonds is 40. The Labute approximate surface area is 358 Å². The number of unbranched alkanes of at least 4 members (excludes halogenated alkanes) is 13. The zero-order valence-electron chi connectivity index (χ0n) is 37.3. The maximum atomic E-state index is 12.3. The molecule has 0 spiro atoms. The number of amides is 1. The first kappa shape index (κ1) is 54.5. The zero-order chi connectivity index (χ0) is 42.1. The molecule has 0 heterocycles. The van der Waals surface area contributed by atoms with E-state index in [2.05, 4.69) is 141 Å². The Hall–Kier alpha value is -3.47. The molecule has 0 aliphatic heterocycles. The molecule has 0 aliphatic rings. The molecule has 0 bridgehead atoms. The van der Waals surface area contributed by atoms with E-state index in [1.807, 2.05) is 6.08 Å². The van der Waals surface area contributed by atoms with Gasteiger partial charge in [-0.15, -0.1) is 0 Å². The van der Waals surface area contributed by atoms with E-state index >= 15 is 0 Å². The van der Waals surface area contributed by atoms with Crippen molar-refractivity contribution in [2.75, 3.05) is 6.61 Å². The first-order valence-corrected chi connectivity index (χ1v) is 23.4. The Morgan fingerprint density at radius 3 is 1.21 bits per heavy atom. The van der Waals surface area contributed by atoms with Crippen LogP contribution in [0.1, 0.15) is 181 Å². The van der Waals surface area contributed by atoms with Crippen LogP contribution < -0.4 is 5.32 Å². The van der Waals surface area contributed by atoms with Gasteiger partial charge in [-0.1, -0.05) is 205 Å². The molecule has 0 aromatic heterocycles. The highest BCUT2D eigenvalue weighted by atomic mass is 16.3. The average Bonchev–Trinajstić information content (AvgIpc) is 3.23. The van der Waals surface area contributed by atoms with Crippen LogP contribution in [0.25, 0.3) is 0 Å². The Morgan fingerprint density at radius 1 is 0.431 bits per heavy atom. The molecule has 0 radical (unpaired) electrons. The predicted octanol–water partition coefficient (Wildman–Crippen LogP) is 15.1. The molecule has 2 atom stereocenters. The molecule has 0 fully saturated rings. The monoisotopic (exact) mass is 798 g/mol. The van der Waals surface area contributed by atoms with Gasteiger partial charge in [0.05, 0.1) is 18.8 Å². The van der Waals surface area contributed by atoms with Gasteiger partial charge in [-0.2, -0.15) is 0 Å². The van der Waals surface area contributed by atoms with Crippen LogP contribution in [0.5, 0.6) is 0 Å². The normalized spacial score (nSPS) is 14.2. The summed E-state index contributed by atoms with van der Waals surface area (Å²) in [5.74, 6) is -0.0906. The van der Waals surface area contributed by atoms with E-state index in [1.54, 1.807) is 6.08 Å². The summed E-state index contributed by atoms with van der Waals surface area (Å²) in [6.07, 6.45) is 75.8. The summed E-state index contributed by atoms with van der Waals surface area (Å²) >= 11 is 0. The van der Waals surface area contributed by atoms with Crippen molar-refractivity contribution in [3.63, 3.8) is 0 Å². The Kier molecular flexibility index (Phi) is 45.0. The molecule has 3 N–H and O–H groups in total. The molecule has 326 valence electrons. The van der Waals surface area contributed by atoms with E-state index in [-0.39, 0.29) is 12.5 Å². The van der Waals surface area contributed by atoms with Crippen molar-refractivity contribution in [1.29, 1.82) is 0 Å². The SMILES string of the molecule is CC/C=C\C/C=C\C/C=C\C/C=C\C/C=C\C/C=C\C/C=C\C/C=C\C/C=C\CCCCCCCCCCCC(=O)NC(CO)C(O)/C=C/CC/C=C/CCCCC. The quantitative estimate of drug-likeness (QED) is 0.0427. The van der Waals surface area contributed by atoms with Crippen molar-refractivity contribution in [2.45, 2.75) is 193 Å². The largest absolute Gasteiger partial charge is 0.394 e. The second kappa shape index (κ2) is 47.9. The van der Waals surface area contributed by atoms with Crippen LogP contribution in [-0.2, 0) is 4.79 Å². The lowest BCUT2D eigenvalue weighted by atomic mass is 10.1. The molecule has 1 amide bonds. The molecule has 2 unspecified atom stereocenters. The summed E-state index contributed by atoms with van der Waals surface area (Å²) in [5.41, 5.74) is 0. The molecular weight excluding hydrogens is 711 g/mol. The van der Waals surface area contributed by atoms with Gasteiger partial charge in [0.15, 0.2) is 0 Å². The molecule has 0 aromatic rings. The summed E-state index contributed by atoms with van der Waals surface area (Å²) in [7, 11) is 0. The second-order valence-corrected chi connectivity index (χ2v) is 15.1. The van der Waals surface area contributed by atoms with Crippen LogP contribution in [0.15, 0.2) is 134 Å². The van der Waals surface area contributed by atoms with Crippen LogP contribution in [-0.4, -0.2) is 34.9 Å². The van der Waals surface area contributed by atoms with E-state index in [0.717, 1.165) is 96.3 Å². The fourth-order valence-corrected chi connectivity index (χ4v) is 6.07. The Bertz CT molecular complexity index is 1220. The first-order valence-electron chi connectivity index (χ1n) is 23.4. The maximum absolute atomic E-state index is 12.3. The lowest BCUT2D eigenvalue weighted by Crippen LogP contribution is -2.45. The van der Waals surface area contributed by atoms with Crippen LogP contribution >= 0.6 is 0 Å². The van der Waals surface area contributed by atoms with Crippen molar-refractivity contribution in [3.05, 3.63) is 134 Å².